The van der Waals surface area contributed by atoms with Crippen LogP contribution in [0, 0.1) is 11.7 Å². The van der Waals surface area contributed by atoms with Crippen molar-refractivity contribution >= 4 is 11.9 Å². The average molecular weight is 375 g/mol. The van der Waals surface area contributed by atoms with E-state index in [0.717, 1.165) is 11.3 Å². The van der Waals surface area contributed by atoms with E-state index in [1.165, 1.54) is 24.3 Å². The van der Waals surface area contributed by atoms with Gasteiger partial charge in [0.05, 0.1) is 12.5 Å². The van der Waals surface area contributed by atoms with E-state index in [-0.39, 0.29) is 19.6 Å². The van der Waals surface area contributed by atoms with Crippen molar-refractivity contribution in [2.45, 2.75) is 13.3 Å². The number of hydrogen-bond donors (Lipinski definition) is 2. The van der Waals surface area contributed by atoms with Crippen LogP contribution in [-0.4, -0.2) is 36.7 Å². The van der Waals surface area contributed by atoms with Gasteiger partial charge in [-0.05, 0) is 55.3 Å². The molecule has 27 heavy (non-hydrogen) atoms. The molecule has 0 spiro atoms. The smallest absolute Gasteiger partial charge is 0.308 e. The molecule has 1 unspecified atom stereocenters. The van der Waals surface area contributed by atoms with Crippen LogP contribution in [0.4, 0.5) is 4.39 Å². The third-order valence-corrected chi connectivity index (χ3v) is 3.79. The Kier molecular flexibility index (Phi) is 7.61. The molecular weight excluding hydrogens is 353 g/mol. The van der Waals surface area contributed by atoms with Gasteiger partial charge in [-0.15, -0.1) is 0 Å². The Morgan fingerprint density at radius 2 is 1.63 bits per heavy atom. The number of halogens is 1. The Morgan fingerprint density at radius 1 is 1.04 bits per heavy atom. The van der Waals surface area contributed by atoms with Crippen LogP contribution in [0.3, 0.4) is 0 Å². The fourth-order valence-electron chi connectivity index (χ4n) is 2.39. The average Bonchev–Trinajstić information content (AvgIpc) is 2.66. The highest BCUT2D eigenvalue weighted by atomic mass is 19.1. The molecule has 0 radical (unpaired) electrons. The molecule has 0 aliphatic carbocycles. The maximum atomic E-state index is 12.8. The Hall–Kier alpha value is -3.09. The molecule has 0 bridgehead atoms. The van der Waals surface area contributed by atoms with Gasteiger partial charge >= 0.3 is 5.97 Å². The van der Waals surface area contributed by atoms with E-state index in [1.807, 2.05) is 6.92 Å². The van der Waals surface area contributed by atoms with Crippen LogP contribution in [0.5, 0.6) is 11.5 Å². The van der Waals surface area contributed by atoms with E-state index >= 15 is 0 Å². The lowest BCUT2D eigenvalue weighted by atomic mass is 9.99. The van der Waals surface area contributed by atoms with Gasteiger partial charge in [0.1, 0.15) is 17.3 Å². The van der Waals surface area contributed by atoms with Crippen molar-refractivity contribution in [3.63, 3.8) is 0 Å². The van der Waals surface area contributed by atoms with Gasteiger partial charge in [-0.2, -0.15) is 0 Å². The second-order valence-electron chi connectivity index (χ2n) is 5.86. The van der Waals surface area contributed by atoms with Crippen molar-refractivity contribution < 1.29 is 28.6 Å². The van der Waals surface area contributed by atoms with Crippen LogP contribution in [0.25, 0.3) is 0 Å². The summed E-state index contributed by atoms with van der Waals surface area (Å²) in [5.74, 6) is -1.53. The summed E-state index contributed by atoms with van der Waals surface area (Å²) in [5, 5.41) is 11.9. The van der Waals surface area contributed by atoms with E-state index in [2.05, 4.69) is 5.32 Å². The number of amides is 1. The number of rotatable bonds is 10. The van der Waals surface area contributed by atoms with Crippen molar-refractivity contribution in [1.29, 1.82) is 0 Å². The summed E-state index contributed by atoms with van der Waals surface area (Å²) in [6.45, 7) is 2.15. The minimum atomic E-state index is -0.997. The number of nitrogens with one attached hydrogen (secondary N) is 1. The molecule has 0 aliphatic rings. The second kappa shape index (κ2) is 10.2. The summed E-state index contributed by atoms with van der Waals surface area (Å²) < 4.78 is 23.4. The van der Waals surface area contributed by atoms with Gasteiger partial charge in [0.25, 0.3) is 5.91 Å². The Labute approximate surface area is 156 Å². The normalized spacial score (nSPS) is 11.5. The second-order valence-corrected chi connectivity index (χ2v) is 5.86. The zero-order valence-corrected chi connectivity index (χ0v) is 15.0. The van der Waals surface area contributed by atoms with E-state index in [0.29, 0.717) is 12.4 Å². The third kappa shape index (κ3) is 6.97. The summed E-state index contributed by atoms with van der Waals surface area (Å²) in [6.07, 6.45) is 0.279. The highest BCUT2D eigenvalue weighted by molar-refractivity contribution is 5.78. The molecule has 144 valence electrons. The molecule has 0 saturated heterocycles. The number of carboxylic acid groups (broad SMARTS) is 1. The lowest BCUT2D eigenvalue weighted by Crippen LogP contribution is -2.36. The molecule has 0 aliphatic heterocycles. The van der Waals surface area contributed by atoms with Crippen molar-refractivity contribution in [3.8, 4) is 11.5 Å². The van der Waals surface area contributed by atoms with Crippen LogP contribution < -0.4 is 14.8 Å². The largest absolute Gasteiger partial charge is 0.494 e. The third-order valence-electron chi connectivity index (χ3n) is 3.79. The molecule has 1 atom stereocenters. The van der Waals surface area contributed by atoms with E-state index < -0.39 is 23.6 Å². The number of benzene rings is 2. The van der Waals surface area contributed by atoms with Gasteiger partial charge < -0.3 is 19.9 Å². The van der Waals surface area contributed by atoms with Gasteiger partial charge in [0.15, 0.2) is 6.61 Å². The fourth-order valence-corrected chi connectivity index (χ4v) is 2.39. The van der Waals surface area contributed by atoms with Gasteiger partial charge in [-0.3, -0.25) is 9.59 Å². The summed E-state index contributed by atoms with van der Waals surface area (Å²) in [5.41, 5.74) is 0.836. The summed E-state index contributed by atoms with van der Waals surface area (Å²) in [7, 11) is 0. The number of ether oxygens (including phenoxy) is 2. The van der Waals surface area contributed by atoms with Crippen molar-refractivity contribution in [2.75, 3.05) is 19.8 Å². The molecule has 0 aromatic heterocycles. The van der Waals surface area contributed by atoms with E-state index in [1.54, 1.807) is 24.3 Å². The summed E-state index contributed by atoms with van der Waals surface area (Å²) in [4.78, 5) is 23.3. The quantitative estimate of drug-likeness (QED) is 0.667. The van der Waals surface area contributed by atoms with Crippen LogP contribution in [-0.2, 0) is 16.0 Å². The SMILES string of the molecule is CCOc1ccc(CC(CNC(=O)COc2ccc(F)cc2)C(=O)O)cc1. The van der Waals surface area contributed by atoms with Crippen LogP contribution in [0.15, 0.2) is 48.5 Å². The molecule has 0 heterocycles. The zero-order chi connectivity index (χ0) is 19.6. The first kappa shape index (κ1) is 20.2. The lowest BCUT2D eigenvalue weighted by molar-refractivity contribution is -0.141. The van der Waals surface area contributed by atoms with Gasteiger partial charge in [-0.1, -0.05) is 12.1 Å². The van der Waals surface area contributed by atoms with Crippen LogP contribution in [0.2, 0.25) is 0 Å². The van der Waals surface area contributed by atoms with Gasteiger partial charge in [-0.25, -0.2) is 4.39 Å². The standard InChI is InChI=1S/C20H22FNO5/c1-2-26-17-7-3-14(4-8-17)11-15(20(24)25)12-22-19(23)13-27-18-9-5-16(21)6-10-18/h3-10,15H,2,11-13H2,1H3,(H,22,23)(H,24,25). The molecule has 2 aromatic carbocycles. The number of carboxylic acids is 1. The first-order valence-electron chi connectivity index (χ1n) is 8.57. The van der Waals surface area contributed by atoms with Gasteiger partial charge in [0, 0.05) is 6.54 Å². The Balaban J connectivity index is 1.81. The monoisotopic (exact) mass is 375 g/mol. The van der Waals surface area contributed by atoms with Crippen molar-refractivity contribution in [2.24, 2.45) is 5.92 Å². The number of carbonyl (C=O) groups excluding carboxylic acids is 1. The van der Waals surface area contributed by atoms with Crippen LogP contribution >= 0.6 is 0 Å². The van der Waals surface area contributed by atoms with Crippen molar-refractivity contribution in [3.05, 3.63) is 59.9 Å². The summed E-state index contributed by atoms with van der Waals surface area (Å²) >= 11 is 0. The topological polar surface area (TPSA) is 84.9 Å². The highest BCUT2D eigenvalue weighted by Gasteiger charge is 2.19. The molecule has 0 fully saturated rings. The van der Waals surface area contributed by atoms with E-state index in [4.69, 9.17) is 9.47 Å². The van der Waals surface area contributed by atoms with E-state index in [9.17, 15) is 19.1 Å². The first-order chi connectivity index (χ1) is 13.0. The lowest BCUT2D eigenvalue weighted by Gasteiger charge is -2.14. The molecule has 7 heteroatoms. The van der Waals surface area contributed by atoms with Crippen molar-refractivity contribution in [1.82, 2.24) is 5.32 Å². The minimum Gasteiger partial charge on any atom is -0.494 e. The molecule has 1 amide bonds. The molecule has 2 N–H and O–H groups in total. The Morgan fingerprint density at radius 3 is 2.22 bits per heavy atom. The molecule has 0 saturated carbocycles. The number of aliphatic carboxylic acids is 1. The minimum absolute atomic E-state index is 0.0197. The fraction of sp³-hybridized carbons (Fsp3) is 0.300. The molecular formula is C20H22FNO5. The molecule has 2 aromatic rings. The Bertz CT molecular complexity index is 746. The maximum absolute atomic E-state index is 12.8. The predicted octanol–water partition coefficient (Wildman–Crippen LogP) is 2.66. The predicted molar refractivity (Wildman–Crippen MR) is 97.3 cm³/mol. The molecule has 6 nitrogen and oxygen atoms in total. The number of hydrogen-bond acceptors (Lipinski definition) is 4. The molecule has 2 rings (SSSR count). The van der Waals surface area contributed by atoms with Gasteiger partial charge in [0.2, 0.25) is 0 Å². The summed E-state index contributed by atoms with van der Waals surface area (Å²) in [6, 6.07) is 12.5. The first-order valence-corrected chi connectivity index (χ1v) is 8.57. The maximum Gasteiger partial charge on any atom is 0.308 e. The highest BCUT2D eigenvalue weighted by Crippen LogP contribution is 2.15. The number of carbonyl (C=O) groups is 2. The van der Waals surface area contributed by atoms with Crippen LogP contribution in [0.1, 0.15) is 12.5 Å². The zero-order valence-electron chi connectivity index (χ0n) is 15.0.